The van der Waals surface area contributed by atoms with Crippen LogP contribution in [0.15, 0.2) is 0 Å². The van der Waals surface area contributed by atoms with Crippen molar-refractivity contribution >= 4 is 21.8 Å². The molecule has 0 aromatic heterocycles. The monoisotopic (exact) mass is 265 g/mol. The van der Waals surface area contributed by atoms with Gasteiger partial charge in [0.05, 0.1) is 6.61 Å². The number of hydrogen-bond donors (Lipinski definition) is 0. The highest BCUT2D eigenvalue weighted by atomic mass is 79.9. The standard InChI is InChI=1S/C10H20BrNO2/c1-9(2)8-10(13)12(5-4-11)6-7-14-3/h9H,4-8H2,1-3H3. The highest BCUT2D eigenvalue weighted by Crippen LogP contribution is 2.04. The molecule has 0 aliphatic carbocycles. The number of nitrogens with zero attached hydrogens (tertiary/aromatic N) is 1. The van der Waals surface area contributed by atoms with Crippen LogP contribution in [0.25, 0.3) is 0 Å². The molecule has 0 radical (unpaired) electrons. The van der Waals surface area contributed by atoms with Gasteiger partial charge in [-0.3, -0.25) is 4.79 Å². The summed E-state index contributed by atoms with van der Waals surface area (Å²) in [7, 11) is 1.65. The van der Waals surface area contributed by atoms with E-state index in [1.807, 2.05) is 4.90 Å². The Morgan fingerprint density at radius 3 is 2.50 bits per heavy atom. The number of rotatable bonds is 7. The Labute approximate surface area is 94.9 Å². The molecule has 0 unspecified atom stereocenters. The van der Waals surface area contributed by atoms with Gasteiger partial charge < -0.3 is 9.64 Å². The molecule has 0 spiro atoms. The third-order valence-corrected chi connectivity index (χ3v) is 2.21. The smallest absolute Gasteiger partial charge is 0.222 e. The molecule has 1 amide bonds. The number of halogens is 1. The molecular formula is C10H20BrNO2. The molecule has 0 fully saturated rings. The second-order valence-electron chi connectivity index (χ2n) is 3.66. The van der Waals surface area contributed by atoms with Gasteiger partial charge in [-0.2, -0.15) is 0 Å². The molecule has 0 aromatic carbocycles. The second-order valence-corrected chi connectivity index (χ2v) is 4.45. The van der Waals surface area contributed by atoms with Crippen LogP contribution >= 0.6 is 15.9 Å². The third kappa shape index (κ3) is 6.38. The minimum Gasteiger partial charge on any atom is -0.383 e. The van der Waals surface area contributed by atoms with E-state index in [0.717, 1.165) is 11.9 Å². The zero-order valence-electron chi connectivity index (χ0n) is 9.25. The van der Waals surface area contributed by atoms with Gasteiger partial charge >= 0.3 is 0 Å². The summed E-state index contributed by atoms with van der Waals surface area (Å²) in [5.74, 6) is 0.638. The van der Waals surface area contributed by atoms with E-state index >= 15 is 0 Å². The Morgan fingerprint density at radius 1 is 1.43 bits per heavy atom. The van der Waals surface area contributed by atoms with E-state index < -0.39 is 0 Å². The molecule has 0 saturated heterocycles. The quantitative estimate of drug-likeness (QED) is 0.659. The zero-order valence-corrected chi connectivity index (χ0v) is 10.8. The predicted molar refractivity (Wildman–Crippen MR) is 61.7 cm³/mol. The maximum absolute atomic E-state index is 11.7. The maximum atomic E-state index is 11.7. The molecule has 0 heterocycles. The normalized spacial score (nSPS) is 10.6. The molecule has 14 heavy (non-hydrogen) atoms. The van der Waals surface area contributed by atoms with E-state index in [4.69, 9.17) is 4.74 Å². The number of carbonyl (C=O) groups excluding carboxylic acids is 1. The molecule has 0 aromatic rings. The van der Waals surface area contributed by atoms with E-state index in [1.54, 1.807) is 7.11 Å². The minimum absolute atomic E-state index is 0.219. The Morgan fingerprint density at radius 2 is 2.07 bits per heavy atom. The Bertz CT molecular complexity index is 162. The Kier molecular flexibility index (Phi) is 8.18. The highest BCUT2D eigenvalue weighted by molar-refractivity contribution is 9.09. The number of carbonyl (C=O) groups is 1. The van der Waals surface area contributed by atoms with Crippen LogP contribution < -0.4 is 0 Å². The number of amides is 1. The maximum Gasteiger partial charge on any atom is 0.222 e. The minimum atomic E-state index is 0.219. The first kappa shape index (κ1) is 13.9. The fourth-order valence-electron chi connectivity index (χ4n) is 1.14. The largest absolute Gasteiger partial charge is 0.383 e. The van der Waals surface area contributed by atoms with Crippen molar-refractivity contribution in [3.8, 4) is 0 Å². The summed E-state index contributed by atoms with van der Waals surface area (Å²) < 4.78 is 4.96. The van der Waals surface area contributed by atoms with Crippen molar-refractivity contribution < 1.29 is 9.53 Å². The zero-order chi connectivity index (χ0) is 11.0. The van der Waals surface area contributed by atoms with Crippen molar-refractivity contribution in [3.05, 3.63) is 0 Å². The highest BCUT2D eigenvalue weighted by Gasteiger charge is 2.13. The molecule has 0 aliphatic rings. The van der Waals surface area contributed by atoms with Gasteiger partial charge in [0, 0.05) is 32.0 Å². The lowest BCUT2D eigenvalue weighted by atomic mass is 10.1. The fraction of sp³-hybridized carbons (Fsp3) is 0.900. The number of hydrogen-bond acceptors (Lipinski definition) is 2. The molecule has 0 atom stereocenters. The summed E-state index contributed by atoms with van der Waals surface area (Å²) in [5.41, 5.74) is 0. The SMILES string of the molecule is COCCN(CCBr)C(=O)CC(C)C. The Hall–Kier alpha value is -0.0900. The summed E-state index contributed by atoms with van der Waals surface area (Å²) in [4.78, 5) is 13.5. The van der Waals surface area contributed by atoms with Crippen molar-refractivity contribution in [2.24, 2.45) is 5.92 Å². The van der Waals surface area contributed by atoms with E-state index in [0.29, 0.717) is 25.5 Å². The van der Waals surface area contributed by atoms with E-state index in [2.05, 4.69) is 29.8 Å². The van der Waals surface area contributed by atoms with E-state index in [9.17, 15) is 4.79 Å². The van der Waals surface area contributed by atoms with Crippen LogP contribution in [0.3, 0.4) is 0 Å². The van der Waals surface area contributed by atoms with Crippen LogP contribution in [0.4, 0.5) is 0 Å². The van der Waals surface area contributed by atoms with Gasteiger partial charge in [0.2, 0.25) is 5.91 Å². The third-order valence-electron chi connectivity index (χ3n) is 1.86. The van der Waals surface area contributed by atoms with Crippen molar-refractivity contribution in [1.29, 1.82) is 0 Å². The van der Waals surface area contributed by atoms with Crippen molar-refractivity contribution in [2.45, 2.75) is 20.3 Å². The molecule has 0 bridgehead atoms. The lowest BCUT2D eigenvalue weighted by molar-refractivity contribution is -0.132. The molecule has 0 rings (SSSR count). The summed E-state index contributed by atoms with van der Waals surface area (Å²) in [6.45, 7) is 6.17. The van der Waals surface area contributed by atoms with Crippen LogP contribution in [-0.4, -0.2) is 42.9 Å². The van der Waals surface area contributed by atoms with Gasteiger partial charge in [0.15, 0.2) is 0 Å². The van der Waals surface area contributed by atoms with Crippen LogP contribution in [0.1, 0.15) is 20.3 Å². The molecule has 0 N–H and O–H groups in total. The van der Waals surface area contributed by atoms with E-state index in [-0.39, 0.29) is 5.91 Å². The molecule has 0 saturated carbocycles. The van der Waals surface area contributed by atoms with Crippen LogP contribution in [0.5, 0.6) is 0 Å². The predicted octanol–water partition coefficient (Wildman–Crippen LogP) is 1.90. The topological polar surface area (TPSA) is 29.5 Å². The molecule has 0 aliphatic heterocycles. The Balaban J connectivity index is 3.97. The van der Waals surface area contributed by atoms with Gasteiger partial charge in [-0.15, -0.1) is 0 Å². The van der Waals surface area contributed by atoms with Crippen LogP contribution in [0, 0.1) is 5.92 Å². The van der Waals surface area contributed by atoms with Gasteiger partial charge in [-0.1, -0.05) is 29.8 Å². The van der Waals surface area contributed by atoms with Crippen molar-refractivity contribution in [1.82, 2.24) is 4.90 Å². The second kappa shape index (κ2) is 8.24. The van der Waals surface area contributed by atoms with Gasteiger partial charge in [0.25, 0.3) is 0 Å². The number of methoxy groups -OCH3 is 1. The van der Waals surface area contributed by atoms with E-state index in [1.165, 1.54) is 0 Å². The molecule has 3 nitrogen and oxygen atoms in total. The number of alkyl halides is 1. The van der Waals surface area contributed by atoms with Crippen molar-refractivity contribution in [3.63, 3.8) is 0 Å². The first-order valence-corrected chi connectivity index (χ1v) is 6.06. The average Bonchev–Trinajstić information content (AvgIpc) is 2.10. The van der Waals surface area contributed by atoms with Gasteiger partial charge in [-0.25, -0.2) is 0 Å². The number of ether oxygens (including phenoxy) is 1. The van der Waals surface area contributed by atoms with Gasteiger partial charge in [-0.05, 0) is 5.92 Å². The van der Waals surface area contributed by atoms with Crippen LogP contribution in [-0.2, 0) is 9.53 Å². The first-order chi connectivity index (χ1) is 6.61. The summed E-state index contributed by atoms with van der Waals surface area (Å²) >= 11 is 3.34. The van der Waals surface area contributed by atoms with Crippen LogP contribution in [0.2, 0.25) is 0 Å². The molecular weight excluding hydrogens is 246 g/mol. The summed E-state index contributed by atoms with van der Waals surface area (Å²) in [6, 6.07) is 0. The lowest BCUT2D eigenvalue weighted by Crippen LogP contribution is -2.35. The summed E-state index contributed by atoms with van der Waals surface area (Å²) in [6.07, 6.45) is 0.622. The van der Waals surface area contributed by atoms with Crippen molar-refractivity contribution in [2.75, 3.05) is 32.1 Å². The molecule has 4 heteroatoms. The lowest BCUT2D eigenvalue weighted by Gasteiger charge is -2.22. The van der Waals surface area contributed by atoms with Gasteiger partial charge in [0.1, 0.15) is 0 Å². The first-order valence-electron chi connectivity index (χ1n) is 4.94. The molecule has 84 valence electrons. The summed E-state index contributed by atoms with van der Waals surface area (Å²) in [5, 5.41) is 0.820. The average molecular weight is 266 g/mol. The fourth-order valence-corrected chi connectivity index (χ4v) is 1.57.